The van der Waals surface area contributed by atoms with Gasteiger partial charge < -0.3 is 4.42 Å². The molecule has 0 radical (unpaired) electrons. The summed E-state index contributed by atoms with van der Waals surface area (Å²) in [5, 5.41) is 12.8. The summed E-state index contributed by atoms with van der Waals surface area (Å²) in [4.78, 5) is 2.45. The molecule has 1 fully saturated rings. The third kappa shape index (κ3) is 2.97. The minimum atomic E-state index is 0.109. The molecule has 2 aromatic heterocycles. The molecule has 0 N–H and O–H groups in total. The summed E-state index contributed by atoms with van der Waals surface area (Å²) in [6.45, 7) is 4.09. The predicted molar refractivity (Wildman–Crippen MR) is 90.1 cm³/mol. The summed E-state index contributed by atoms with van der Waals surface area (Å²) in [6, 6.07) is 12.4. The molecule has 0 spiro atoms. The zero-order valence-corrected chi connectivity index (χ0v) is 13.7. The van der Waals surface area contributed by atoms with Gasteiger partial charge in [0.15, 0.2) is 0 Å². The minimum Gasteiger partial charge on any atom is -0.419 e. The van der Waals surface area contributed by atoms with E-state index in [4.69, 9.17) is 4.42 Å². The Morgan fingerprint density at radius 2 is 2.08 bits per heavy atom. The first kappa shape index (κ1) is 15.1. The van der Waals surface area contributed by atoms with Crippen LogP contribution in [-0.2, 0) is 6.54 Å². The lowest BCUT2D eigenvalue weighted by Gasteiger charge is -2.28. The van der Waals surface area contributed by atoms with E-state index in [2.05, 4.69) is 27.1 Å². The predicted octanol–water partition coefficient (Wildman–Crippen LogP) is 3.16. The maximum Gasteiger partial charge on any atom is 0.247 e. The Labute approximate surface area is 141 Å². The van der Waals surface area contributed by atoms with Crippen LogP contribution in [0, 0.1) is 0 Å². The lowest BCUT2D eigenvalue weighted by molar-refractivity contribution is 0.152. The molecule has 6 heteroatoms. The van der Waals surface area contributed by atoms with Gasteiger partial charge in [0.1, 0.15) is 0 Å². The average Bonchev–Trinajstić information content (AvgIpc) is 3.37. The second-order valence-electron chi connectivity index (χ2n) is 6.25. The zero-order chi connectivity index (χ0) is 16.4. The molecule has 1 aliphatic rings. The van der Waals surface area contributed by atoms with Gasteiger partial charge in [-0.25, -0.2) is 0 Å². The highest BCUT2D eigenvalue weighted by Gasteiger charge is 2.32. The van der Waals surface area contributed by atoms with Gasteiger partial charge in [-0.2, -0.15) is 5.10 Å². The van der Waals surface area contributed by atoms with Crippen LogP contribution in [-0.4, -0.2) is 37.5 Å². The molecule has 3 aromatic rings. The van der Waals surface area contributed by atoms with Gasteiger partial charge >= 0.3 is 0 Å². The second-order valence-corrected chi connectivity index (χ2v) is 6.25. The van der Waals surface area contributed by atoms with Crippen LogP contribution in [0.3, 0.4) is 0 Å². The maximum absolute atomic E-state index is 5.94. The Hall–Kier alpha value is -2.47. The Balaban J connectivity index is 1.50. The van der Waals surface area contributed by atoms with E-state index in [9.17, 15) is 0 Å². The van der Waals surface area contributed by atoms with Gasteiger partial charge in [-0.05, 0) is 44.5 Å². The molecule has 6 nitrogen and oxygen atoms in total. The van der Waals surface area contributed by atoms with E-state index in [1.807, 2.05) is 53.5 Å². The van der Waals surface area contributed by atoms with Gasteiger partial charge in [0.25, 0.3) is 0 Å². The molecule has 0 aliphatic carbocycles. The van der Waals surface area contributed by atoms with Gasteiger partial charge in [0.05, 0.1) is 12.6 Å². The molecule has 1 saturated heterocycles. The van der Waals surface area contributed by atoms with Crippen molar-refractivity contribution in [3.63, 3.8) is 0 Å². The Bertz CT molecular complexity index is 768. The van der Waals surface area contributed by atoms with E-state index in [1.54, 1.807) is 0 Å². The van der Waals surface area contributed by atoms with Crippen molar-refractivity contribution in [1.29, 1.82) is 0 Å². The maximum atomic E-state index is 5.94. The molecule has 2 atom stereocenters. The second kappa shape index (κ2) is 6.57. The number of benzene rings is 1. The standard InChI is InChI=1S/C18H21N5O/c1-14(17-20-21-18(24-17)15-7-3-2-4-8-15)23-12-5-9-16(23)13-22-11-6-10-19-22/h2-4,6-8,10-11,14,16H,5,9,12-13H2,1H3/t14-,16+/m0/s1. The van der Waals surface area contributed by atoms with Crippen molar-refractivity contribution in [3.05, 3.63) is 54.7 Å². The van der Waals surface area contributed by atoms with Crippen molar-refractivity contribution in [3.8, 4) is 11.5 Å². The van der Waals surface area contributed by atoms with Crippen molar-refractivity contribution in [1.82, 2.24) is 24.9 Å². The lowest BCUT2D eigenvalue weighted by atomic mass is 10.2. The molecule has 3 heterocycles. The van der Waals surface area contributed by atoms with Crippen LogP contribution in [0.25, 0.3) is 11.5 Å². The first-order valence-corrected chi connectivity index (χ1v) is 8.43. The zero-order valence-electron chi connectivity index (χ0n) is 13.7. The smallest absolute Gasteiger partial charge is 0.247 e. The molecule has 1 aliphatic heterocycles. The van der Waals surface area contributed by atoms with E-state index in [1.165, 1.54) is 12.8 Å². The molecule has 124 valence electrons. The molecular weight excluding hydrogens is 302 g/mol. The molecule has 0 saturated carbocycles. The van der Waals surface area contributed by atoms with Gasteiger partial charge in [-0.15, -0.1) is 10.2 Å². The molecule has 0 amide bonds. The van der Waals surface area contributed by atoms with Crippen molar-refractivity contribution < 1.29 is 4.42 Å². The quantitative estimate of drug-likeness (QED) is 0.722. The summed E-state index contributed by atoms with van der Waals surface area (Å²) in [6.07, 6.45) is 6.20. The Morgan fingerprint density at radius 3 is 2.88 bits per heavy atom. The van der Waals surface area contributed by atoms with Crippen molar-refractivity contribution >= 4 is 0 Å². The van der Waals surface area contributed by atoms with Gasteiger partial charge in [0.2, 0.25) is 11.8 Å². The van der Waals surface area contributed by atoms with Gasteiger partial charge in [-0.3, -0.25) is 9.58 Å². The van der Waals surface area contributed by atoms with Crippen molar-refractivity contribution in [2.75, 3.05) is 6.54 Å². The molecule has 1 aromatic carbocycles. The largest absolute Gasteiger partial charge is 0.419 e. The summed E-state index contributed by atoms with van der Waals surface area (Å²) >= 11 is 0. The van der Waals surface area contributed by atoms with Crippen LogP contribution in [0.4, 0.5) is 0 Å². The van der Waals surface area contributed by atoms with Gasteiger partial charge in [-0.1, -0.05) is 18.2 Å². The molecule has 0 bridgehead atoms. The molecule has 4 rings (SSSR count). The number of rotatable bonds is 5. The van der Waals surface area contributed by atoms with Crippen LogP contribution in [0.5, 0.6) is 0 Å². The fourth-order valence-corrected chi connectivity index (χ4v) is 3.43. The fraction of sp³-hybridized carbons (Fsp3) is 0.389. The lowest BCUT2D eigenvalue weighted by Crippen LogP contribution is -2.35. The molecule has 0 unspecified atom stereocenters. The molecular formula is C18H21N5O. The number of likely N-dealkylation sites (tertiary alicyclic amines) is 1. The first-order chi connectivity index (χ1) is 11.8. The van der Waals surface area contributed by atoms with Crippen molar-refractivity contribution in [2.24, 2.45) is 0 Å². The van der Waals surface area contributed by atoms with E-state index < -0.39 is 0 Å². The van der Waals surface area contributed by atoms with Gasteiger partial charge in [0, 0.05) is 24.0 Å². The van der Waals surface area contributed by atoms with Crippen LogP contribution in [0.15, 0.2) is 53.2 Å². The third-order valence-electron chi connectivity index (χ3n) is 4.70. The van der Waals surface area contributed by atoms with E-state index in [-0.39, 0.29) is 6.04 Å². The fourth-order valence-electron chi connectivity index (χ4n) is 3.43. The number of hydrogen-bond donors (Lipinski definition) is 0. The molecule has 24 heavy (non-hydrogen) atoms. The Morgan fingerprint density at radius 1 is 1.21 bits per heavy atom. The summed E-state index contributed by atoms with van der Waals surface area (Å²) in [7, 11) is 0. The summed E-state index contributed by atoms with van der Waals surface area (Å²) in [5.74, 6) is 1.27. The van der Waals surface area contributed by atoms with E-state index in [0.717, 1.165) is 18.7 Å². The van der Waals surface area contributed by atoms with E-state index >= 15 is 0 Å². The van der Waals surface area contributed by atoms with E-state index in [0.29, 0.717) is 17.8 Å². The highest BCUT2D eigenvalue weighted by atomic mass is 16.4. The Kier molecular flexibility index (Phi) is 4.13. The highest BCUT2D eigenvalue weighted by Crippen LogP contribution is 2.30. The SMILES string of the molecule is C[C@@H](c1nnc(-c2ccccc2)o1)N1CCC[C@@H]1Cn1cccn1. The third-order valence-corrected chi connectivity index (χ3v) is 4.70. The summed E-state index contributed by atoms with van der Waals surface area (Å²) in [5.41, 5.74) is 0.956. The number of aromatic nitrogens is 4. The normalized spacial score (nSPS) is 19.6. The summed E-state index contributed by atoms with van der Waals surface area (Å²) < 4.78 is 7.94. The van der Waals surface area contributed by atoms with Crippen LogP contribution < -0.4 is 0 Å². The highest BCUT2D eigenvalue weighted by molar-refractivity contribution is 5.51. The number of nitrogens with zero attached hydrogens (tertiary/aromatic N) is 5. The minimum absolute atomic E-state index is 0.109. The monoisotopic (exact) mass is 323 g/mol. The van der Waals surface area contributed by atoms with Crippen molar-refractivity contribution in [2.45, 2.75) is 38.4 Å². The van der Waals surface area contributed by atoms with Crippen LogP contribution in [0.1, 0.15) is 31.7 Å². The van der Waals surface area contributed by atoms with Crippen LogP contribution >= 0.6 is 0 Å². The topological polar surface area (TPSA) is 60.0 Å². The first-order valence-electron chi connectivity index (χ1n) is 8.43. The number of hydrogen-bond acceptors (Lipinski definition) is 5. The van der Waals surface area contributed by atoms with Crippen LogP contribution in [0.2, 0.25) is 0 Å². The average molecular weight is 323 g/mol.